The molecule has 146 valence electrons. The molecule has 1 aromatic heterocycles. The van der Waals surface area contributed by atoms with Gasteiger partial charge < -0.3 is 9.80 Å². The molecule has 1 amide bonds. The lowest BCUT2D eigenvalue weighted by Gasteiger charge is -2.34. The number of carbonyl (C=O) groups excluding carboxylic acids is 1. The van der Waals surface area contributed by atoms with Crippen molar-refractivity contribution in [1.82, 2.24) is 9.88 Å². The van der Waals surface area contributed by atoms with Gasteiger partial charge in [0.2, 0.25) is 0 Å². The Hall–Kier alpha value is -2.11. The van der Waals surface area contributed by atoms with Crippen molar-refractivity contribution in [1.29, 1.82) is 0 Å². The summed E-state index contributed by atoms with van der Waals surface area (Å²) in [6, 6.07) is 13.9. The highest BCUT2D eigenvalue weighted by atomic mass is 35.5. The third kappa shape index (κ3) is 3.74. The molecule has 4 nitrogen and oxygen atoms in total. The minimum atomic E-state index is 0.0906. The van der Waals surface area contributed by atoms with Gasteiger partial charge in [-0.3, -0.25) is 4.79 Å². The number of hydrogen-bond acceptors (Lipinski definition) is 4. The van der Waals surface area contributed by atoms with Crippen LogP contribution in [0.4, 0.5) is 5.13 Å². The first kappa shape index (κ1) is 19.2. The molecule has 0 saturated carbocycles. The van der Waals surface area contributed by atoms with Crippen molar-refractivity contribution in [2.45, 2.75) is 26.2 Å². The molecule has 1 saturated heterocycles. The monoisotopic (exact) mass is 413 g/mol. The maximum absolute atomic E-state index is 12.9. The van der Waals surface area contributed by atoms with E-state index in [0.717, 1.165) is 34.0 Å². The summed E-state index contributed by atoms with van der Waals surface area (Å²) >= 11 is 7.91. The van der Waals surface area contributed by atoms with Crippen LogP contribution in [0.5, 0.6) is 0 Å². The Bertz CT molecular complexity index is 999. The molecule has 0 spiro atoms. The number of amides is 1. The number of nitrogens with zero attached hydrogens (tertiary/aromatic N) is 3. The summed E-state index contributed by atoms with van der Waals surface area (Å²) in [6.45, 7) is 9.49. The quantitative estimate of drug-likeness (QED) is 0.578. The Labute approximate surface area is 174 Å². The number of para-hydroxylation sites is 1. The van der Waals surface area contributed by atoms with Gasteiger partial charge in [-0.05, 0) is 35.2 Å². The second kappa shape index (κ2) is 7.37. The number of benzene rings is 2. The lowest BCUT2D eigenvalue weighted by Crippen LogP contribution is -2.48. The lowest BCUT2D eigenvalue weighted by atomic mass is 9.86. The van der Waals surface area contributed by atoms with Gasteiger partial charge in [-0.25, -0.2) is 4.98 Å². The van der Waals surface area contributed by atoms with Crippen LogP contribution in [0.15, 0.2) is 42.5 Å². The van der Waals surface area contributed by atoms with Gasteiger partial charge in [0.15, 0.2) is 5.13 Å². The van der Waals surface area contributed by atoms with Crippen molar-refractivity contribution < 1.29 is 4.79 Å². The molecule has 2 aromatic carbocycles. The smallest absolute Gasteiger partial charge is 0.253 e. The molecule has 0 unspecified atom stereocenters. The maximum atomic E-state index is 12.9. The molecule has 4 rings (SSSR count). The lowest BCUT2D eigenvalue weighted by molar-refractivity contribution is 0.0746. The Morgan fingerprint density at radius 3 is 2.32 bits per heavy atom. The maximum Gasteiger partial charge on any atom is 0.253 e. The predicted molar refractivity (Wildman–Crippen MR) is 118 cm³/mol. The number of aromatic nitrogens is 1. The van der Waals surface area contributed by atoms with E-state index in [0.29, 0.717) is 18.1 Å². The molecule has 1 aliphatic rings. The van der Waals surface area contributed by atoms with Crippen LogP contribution in [0.25, 0.3) is 10.2 Å². The van der Waals surface area contributed by atoms with E-state index in [9.17, 15) is 4.79 Å². The van der Waals surface area contributed by atoms with Gasteiger partial charge in [-0.15, -0.1) is 0 Å². The van der Waals surface area contributed by atoms with Crippen molar-refractivity contribution in [2.75, 3.05) is 31.1 Å². The van der Waals surface area contributed by atoms with Crippen LogP contribution >= 0.6 is 22.9 Å². The SMILES string of the molecule is CC(C)(C)c1ccc(C(=O)N2CCN(c3nc4c(Cl)cccc4s3)CC2)cc1. The molecule has 2 heterocycles. The van der Waals surface area contributed by atoms with Crippen LogP contribution in [0, 0.1) is 0 Å². The molecule has 1 fully saturated rings. The number of hydrogen-bond donors (Lipinski definition) is 0. The molecule has 28 heavy (non-hydrogen) atoms. The fraction of sp³-hybridized carbons (Fsp3) is 0.364. The number of piperazine rings is 1. The zero-order valence-corrected chi connectivity index (χ0v) is 18.0. The van der Waals surface area contributed by atoms with E-state index in [-0.39, 0.29) is 11.3 Å². The van der Waals surface area contributed by atoms with E-state index in [4.69, 9.17) is 16.6 Å². The molecule has 0 atom stereocenters. The molecule has 0 radical (unpaired) electrons. The minimum Gasteiger partial charge on any atom is -0.345 e. The first-order valence-electron chi connectivity index (χ1n) is 9.53. The van der Waals surface area contributed by atoms with Crippen LogP contribution in [0.3, 0.4) is 0 Å². The van der Waals surface area contributed by atoms with Gasteiger partial charge >= 0.3 is 0 Å². The van der Waals surface area contributed by atoms with Gasteiger partial charge in [-0.2, -0.15) is 0 Å². The normalized spacial score (nSPS) is 15.3. The van der Waals surface area contributed by atoms with Gasteiger partial charge in [0.05, 0.1) is 9.72 Å². The Kier molecular flexibility index (Phi) is 5.06. The number of fused-ring (bicyclic) bond motifs is 1. The second-order valence-corrected chi connectivity index (χ2v) is 9.61. The van der Waals surface area contributed by atoms with E-state index >= 15 is 0 Å². The summed E-state index contributed by atoms with van der Waals surface area (Å²) in [5.41, 5.74) is 2.95. The van der Waals surface area contributed by atoms with E-state index in [2.05, 4.69) is 37.8 Å². The number of anilines is 1. The van der Waals surface area contributed by atoms with Crippen molar-refractivity contribution in [3.8, 4) is 0 Å². The highest BCUT2D eigenvalue weighted by Gasteiger charge is 2.24. The van der Waals surface area contributed by atoms with Crippen molar-refractivity contribution in [3.05, 3.63) is 58.6 Å². The number of halogens is 1. The molecular weight excluding hydrogens is 390 g/mol. The van der Waals surface area contributed by atoms with Crippen LogP contribution in [-0.2, 0) is 5.41 Å². The first-order chi connectivity index (χ1) is 13.3. The topological polar surface area (TPSA) is 36.4 Å². The van der Waals surface area contributed by atoms with E-state index in [1.807, 2.05) is 35.2 Å². The molecule has 0 aliphatic carbocycles. The Morgan fingerprint density at radius 1 is 1.04 bits per heavy atom. The average molecular weight is 414 g/mol. The zero-order valence-electron chi connectivity index (χ0n) is 16.4. The van der Waals surface area contributed by atoms with Gasteiger partial charge in [0.1, 0.15) is 5.52 Å². The molecule has 1 aliphatic heterocycles. The van der Waals surface area contributed by atoms with Gasteiger partial charge in [0, 0.05) is 31.7 Å². The summed E-state index contributed by atoms with van der Waals surface area (Å²) in [5.74, 6) is 0.104. The van der Waals surface area contributed by atoms with Gasteiger partial charge in [-0.1, -0.05) is 61.9 Å². The number of thiazole rings is 1. The Balaban J connectivity index is 1.43. The molecule has 0 bridgehead atoms. The van der Waals surface area contributed by atoms with Crippen LogP contribution in [0.2, 0.25) is 5.02 Å². The van der Waals surface area contributed by atoms with E-state index < -0.39 is 0 Å². The highest BCUT2D eigenvalue weighted by molar-refractivity contribution is 7.22. The number of carbonyl (C=O) groups is 1. The highest BCUT2D eigenvalue weighted by Crippen LogP contribution is 2.33. The minimum absolute atomic E-state index is 0.0906. The van der Waals surface area contributed by atoms with Gasteiger partial charge in [0.25, 0.3) is 5.91 Å². The molecular formula is C22H24ClN3OS. The first-order valence-corrected chi connectivity index (χ1v) is 10.7. The fourth-order valence-electron chi connectivity index (χ4n) is 3.43. The summed E-state index contributed by atoms with van der Waals surface area (Å²) in [5, 5.41) is 1.66. The van der Waals surface area contributed by atoms with Crippen LogP contribution in [-0.4, -0.2) is 42.0 Å². The summed E-state index contributed by atoms with van der Waals surface area (Å²) < 4.78 is 1.10. The summed E-state index contributed by atoms with van der Waals surface area (Å²) in [6.07, 6.45) is 0. The Morgan fingerprint density at radius 2 is 1.71 bits per heavy atom. The molecule has 0 N–H and O–H groups in total. The molecule has 6 heteroatoms. The summed E-state index contributed by atoms with van der Waals surface area (Å²) in [7, 11) is 0. The average Bonchev–Trinajstić information content (AvgIpc) is 3.13. The van der Waals surface area contributed by atoms with Crippen molar-refractivity contribution in [3.63, 3.8) is 0 Å². The summed E-state index contributed by atoms with van der Waals surface area (Å²) in [4.78, 5) is 21.7. The van der Waals surface area contributed by atoms with Crippen LogP contribution in [0.1, 0.15) is 36.7 Å². The van der Waals surface area contributed by atoms with E-state index in [1.54, 1.807) is 11.3 Å². The van der Waals surface area contributed by atoms with Crippen molar-refractivity contribution in [2.24, 2.45) is 0 Å². The molecule has 3 aromatic rings. The third-order valence-corrected chi connectivity index (χ3v) is 6.58. The van der Waals surface area contributed by atoms with Crippen LogP contribution < -0.4 is 4.90 Å². The second-order valence-electron chi connectivity index (χ2n) is 8.19. The predicted octanol–water partition coefficient (Wildman–Crippen LogP) is 5.21. The third-order valence-electron chi connectivity index (χ3n) is 5.19. The largest absolute Gasteiger partial charge is 0.345 e. The van der Waals surface area contributed by atoms with E-state index in [1.165, 1.54) is 5.56 Å². The number of rotatable bonds is 2. The standard InChI is InChI=1S/C22H24ClN3OS/c1-22(2,3)16-9-7-15(8-10-16)20(27)25-11-13-26(14-12-25)21-24-19-17(23)5-4-6-18(19)28-21/h4-10H,11-14H2,1-3H3. The zero-order chi connectivity index (χ0) is 19.9. The fourth-order valence-corrected chi connectivity index (χ4v) is 4.75. The van der Waals surface area contributed by atoms with Crippen molar-refractivity contribution >= 4 is 44.2 Å².